The van der Waals surface area contributed by atoms with Gasteiger partial charge in [0.25, 0.3) is 5.91 Å². The monoisotopic (exact) mass is 417 g/mol. The third kappa shape index (κ3) is 5.84. The van der Waals surface area contributed by atoms with E-state index < -0.39 is 18.0 Å². The van der Waals surface area contributed by atoms with Crippen LogP contribution in [0.5, 0.6) is 5.75 Å². The Labute approximate surface area is 176 Å². The molecule has 0 spiro atoms. The normalized spacial score (nSPS) is 12.0. The minimum Gasteiger partial charge on any atom is -0.481 e. The summed E-state index contributed by atoms with van der Waals surface area (Å²) in [6, 6.07) is 3.62. The fraction of sp³-hybridized carbons (Fsp3) is 0.522. The van der Waals surface area contributed by atoms with Gasteiger partial charge in [0, 0.05) is 23.1 Å². The highest BCUT2D eigenvalue weighted by Gasteiger charge is 2.19. The lowest BCUT2D eigenvalue weighted by molar-refractivity contribution is -0.137. The molecule has 0 aliphatic carbocycles. The van der Waals surface area contributed by atoms with Gasteiger partial charge in [-0.1, -0.05) is 26.2 Å². The molecule has 2 aromatic rings. The molecule has 0 radical (unpaired) electrons. The summed E-state index contributed by atoms with van der Waals surface area (Å²) in [7, 11) is 0. The smallest absolute Gasteiger partial charge is 0.339 e. The van der Waals surface area contributed by atoms with Crippen molar-refractivity contribution in [2.45, 2.75) is 72.3 Å². The highest BCUT2D eigenvalue weighted by Crippen LogP contribution is 2.30. The Morgan fingerprint density at radius 1 is 1.17 bits per heavy atom. The number of benzene rings is 1. The van der Waals surface area contributed by atoms with E-state index in [0.29, 0.717) is 23.3 Å². The molecule has 1 heterocycles. The number of aryl methyl sites for hydroxylation is 2. The van der Waals surface area contributed by atoms with Crippen LogP contribution in [-0.2, 0) is 16.0 Å². The Morgan fingerprint density at radius 3 is 2.57 bits per heavy atom. The van der Waals surface area contributed by atoms with Gasteiger partial charge in [-0.25, -0.2) is 4.79 Å². The molecule has 7 heteroatoms. The summed E-state index contributed by atoms with van der Waals surface area (Å²) < 4.78 is 11.4. The summed E-state index contributed by atoms with van der Waals surface area (Å²) in [6.07, 6.45) is 4.07. The second-order valence-corrected chi connectivity index (χ2v) is 7.56. The summed E-state index contributed by atoms with van der Waals surface area (Å²) in [5.74, 6) is -0.943. The summed E-state index contributed by atoms with van der Waals surface area (Å²) >= 11 is 0. The molecule has 7 nitrogen and oxygen atoms in total. The summed E-state index contributed by atoms with van der Waals surface area (Å²) in [5.41, 5.74) is 2.43. The van der Waals surface area contributed by atoms with Crippen LogP contribution in [0, 0.1) is 13.8 Å². The molecule has 30 heavy (non-hydrogen) atoms. The molecule has 0 saturated heterocycles. The van der Waals surface area contributed by atoms with Gasteiger partial charge in [-0.05, 0) is 51.3 Å². The van der Waals surface area contributed by atoms with Crippen molar-refractivity contribution in [3.63, 3.8) is 0 Å². The predicted molar refractivity (Wildman–Crippen MR) is 115 cm³/mol. The number of carbonyl (C=O) groups excluding carboxylic acids is 1. The highest BCUT2D eigenvalue weighted by atomic mass is 16.5. The van der Waals surface area contributed by atoms with E-state index in [-0.39, 0.29) is 18.6 Å². The maximum absolute atomic E-state index is 12.6. The van der Waals surface area contributed by atoms with Gasteiger partial charge in [0.1, 0.15) is 11.3 Å². The third-order valence-corrected chi connectivity index (χ3v) is 5.25. The molecule has 0 fully saturated rings. The number of carbonyl (C=O) groups is 2. The van der Waals surface area contributed by atoms with Crippen LogP contribution >= 0.6 is 0 Å². The summed E-state index contributed by atoms with van der Waals surface area (Å²) in [4.78, 5) is 35.2. The molecule has 0 saturated carbocycles. The van der Waals surface area contributed by atoms with Gasteiger partial charge in [0.15, 0.2) is 6.10 Å². The van der Waals surface area contributed by atoms with E-state index in [1.807, 2.05) is 13.0 Å². The van der Waals surface area contributed by atoms with Crippen molar-refractivity contribution in [2.75, 3.05) is 6.54 Å². The second-order valence-electron chi connectivity index (χ2n) is 7.56. The fourth-order valence-electron chi connectivity index (χ4n) is 3.40. The number of unbranched alkanes of at least 4 members (excludes halogenated alkanes) is 3. The van der Waals surface area contributed by atoms with Crippen LogP contribution in [0.25, 0.3) is 11.0 Å². The first-order valence-electron chi connectivity index (χ1n) is 10.5. The second kappa shape index (κ2) is 10.8. The maximum atomic E-state index is 12.6. The summed E-state index contributed by atoms with van der Waals surface area (Å²) in [6.45, 7) is 7.50. The lowest BCUT2D eigenvalue weighted by atomic mass is 9.99. The van der Waals surface area contributed by atoms with Gasteiger partial charge >= 0.3 is 11.6 Å². The average molecular weight is 418 g/mol. The molecule has 0 aliphatic heterocycles. The zero-order valence-corrected chi connectivity index (χ0v) is 18.2. The number of carboxylic acid groups (broad SMARTS) is 1. The van der Waals surface area contributed by atoms with Crippen LogP contribution in [0.4, 0.5) is 0 Å². The zero-order chi connectivity index (χ0) is 22.3. The Kier molecular flexibility index (Phi) is 8.45. The standard InChI is InChI=1S/C23H31NO6/c1-5-6-7-8-9-18-14(2)17-10-11-19(15(3)21(17)30-23(18)28)29-16(4)22(27)24-13-12-20(25)26/h10-11,16H,5-9,12-13H2,1-4H3,(H,24,27)(H,25,26)/t16-/m1/s1. The minimum atomic E-state index is -0.982. The number of carboxylic acids is 1. The Morgan fingerprint density at radius 2 is 1.90 bits per heavy atom. The van der Waals surface area contributed by atoms with E-state index in [0.717, 1.165) is 42.2 Å². The fourth-order valence-corrected chi connectivity index (χ4v) is 3.40. The molecule has 1 atom stereocenters. The van der Waals surface area contributed by atoms with Crippen molar-refractivity contribution < 1.29 is 23.8 Å². The lowest BCUT2D eigenvalue weighted by Crippen LogP contribution is -2.37. The van der Waals surface area contributed by atoms with E-state index in [4.69, 9.17) is 14.3 Å². The van der Waals surface area contributed by atoms with Crippen LogP contribution in [-0.4, -0.2) is 29.6 Å². The molecule has 2 rings (SSSR count). The number of hydrogen-bond donors (Lipinski definition) is 2. The van der Waals surface area contributed by atoms with Gasteiger partial charge in [-0.3, -0.25) is 9.59 Å². The number of nitrogens with one attached hydrogen (secondary N) is 1. The van der Waals surface area contributed by atoms with E-state index in [9.17, 15) is 14.4 Å². The predicted octanol–water partition coefficient (Wildman–Crippen LogP) is 3.89. The van der Waals surface area contributed by atoms with E-state index in [1.54, 1.807) is 19.9 Å². The third-order valence-electron chi connectivity index (χ3n) is 5.25. The van der Waals surface area contributed by atoms with E-state index in [1.165, 1.54) is 0 Å². The average Bonchev–Trinajstić information content (AvgIpc) is 2.69. The first-order valence-corrected chi connectivity index (χ1v) is 10.5. The number of rotatable bonds is 11. The molecular formula is C23H31NO6. The molecule has 164 valence electrons. The van der Waals surface area contributed by atoms with Gasteiger partial charge in [0.05, 0.1) is 6.42 Å². The van der Waals surface area contributed by atoms with Crippen LogP contribution in [0.2, 0.25) is 0 Å². The zero-order valence-electron chi connectivity index (χ0n) is 18.2. The van der Waals surface area contributed by atoms with Crippen molar-refractivity contribution in [1.82, 2.24) is 5.32 Å². The van der Waals surface area contributed by atoms with Crippen LogP contribution < -0.4 is 15.7 Å². The minimum absolute atomic E-state index is 0.0354. The molecule has 1 amide bonds. The molecule has 0 aliphatic rings. The first-order chi connectivity index (χ1) is 14.3. The van der Waals surface area contributed by atoms with Gasteiger partial charge in [-0.2, -0.15) is 0 Å². The Balaban J connectivity index is 2.20. The number of hydrogen-bond acceptors (Lipinski definition) is 5. The SMILES string of the molecule is CCCCCCc1c(C)c2ccc(O[C@H](C)C(=O)NCCC(=O)O)c(C)c2oc1=O. The van der Waals surface area contributed by atoms with Gasteiger partial charge in [0.2, 0.25) is 0 Å². The first kappa shape index (κ1) is 23.4. The maximum Gasteiger partial charge on any atom is 0.339 e. The van der Waals surface area contributed by atoms with Crippen molar-refractivity contribution in [1.29, 1.82) is 0 Å². The van der Waals surface area contributed by atoms with Crippen molar-refractivity contribution in [2.24, 2.45) is 0 Å². The van der Waals surface area contributed by atoms with Crippen LogP contribution in [0.3, 0.4) is 0 Å². The molecule has 2 N–H and O–H groups in total. The van der Waals surface area contributed by atoms with Crippen molar-refractivity contribution in [3.05, 3.63) is 39.2 Å². The Hall–Kier alpha value is -2.83. The van der Waals surface area contributed by atoms with E-state index in [2.05, 4.69) is 12.2 Å². The molecule has 0 unspecified atom stereocenters. The molecule has 1 aromatic carbocycles. The number of aliphatic carboxylic acids is 1. The Bertz CT molecular complexity index is 962. The molecular weight excluding hydrogens is 386 g/mol. The summed E-state index contributed by atoms with van der Waals surface area (Å²) in [5, 5.41) is 12.0. The quantitative estimate of drug-likeness (QED) is 0.424. The van der Waals surface area contributed by atoms with Crippen molar-refractivity contribution in [3.8, 4) is 5.75 Å². The van der Waals surface area contributed by atoms with Gasteiger partial charge < -0.3 is 19.6 Å². The van der Waals surface area contributed by atoms with Gasteiger partial charge in [-0.15, -0.1) is 0 Å². The van der Waals surface area contributed by atoms with Crippen LogP contribution in [0.15, 0.2) is 21.3 Å². The van der Waals surface area contributed by atoms with E-state index >= 15 is 0 Å². The lowest BCUT2D eigenvalue weighted by Gasteiger charge is -2.17. The number of ether oxygens (including phenoxy) is 1. The molecule has 1 aromatic heterocycles. The highest BCUT2D eigenvalue weighted by molar-refractivity contribution is 5.86. The largest absolute Gasteiger partial charge is 0.481 e. The topological polar surface area (TPSA) is 106 Å². The number of amides is 1. The molecule has 0 bridgehead atoms. The van der Waals surface area contributed by atoms with Crippen LogP contribution in [0.1, 0.15) is 62.6 Å². The van der Waals surface area contributed by atoms with Crippen molar-refractivity contribution >= 4 is 22.8 Å². The number of fused-ring (bicyclic) bond motifs is 1.